The zero-order valence-corrected chi connectivity index (χ0v) is 12.1. The van der Waals surface area contributed by atoms with Crippen molar-refractivity contribution in [2.75, 3.05) is 0 Å². The van der Waals surface area contributed by atoms with Gasteiger partial charge in [0.2, 0.25) is 9.70 Å². The molecule has 4 rings (SSSR count). The van der Waals surface area contributed by atoms with Crippen LogP contribution in [0.25, 0.3) is 26.8 Å². The molecule has 0 aliphatic heterocycles. The summed E-state index contributed by atoms with van der Waals surface area (Å²) >= 11 is 6.89. The Balaban J connectivity index is 2.38. The van der Waals surface area contributed by atoms with E-state index in [-0.39, 0.29) is 10.3 Å². The number of fused-ring (bicyclic) bond motifs is 4. The molecule has 0 N–H and O–H groups in total. The molecule has 0 unspecified atom stereocenters. The third-order valence-electron chi connectivity index (χ3n) is 3.35. The highest BCUT2D eigenvalue weighted by Gasteiger charge is 2.11. The molecule has 2 heterocycles. The number of hydrogen-bond donors (Lipinski definition) is 0. The van der Waals surface area contributed by atoms with Crippen molar-refractivity contribution in [3.8, 4) is 0 Å². The van der Waals surface area contributed by atoms with Gasteiger partial charge in [-0.25, -0.2) is 4.98 Å². The van der Waals surface area contributed by atoms with Crippen molar-refractivity contribution in [2.45, 2.75) is 0 Å². The maximum absolute atomic E-state index is 12.7. The Hall–Kier alpha value is -2.24. The van der Waals surface area contributed by atoms with Gasteiger partial charge in [-0.2, -0.15) is 0 Å². The molecule has 0 aliphatic rings. The van der Waals surface area contributed by atoms with E-state index in [1.54, 1.807) is 36.4 Å². The molecular formula is C15H7ClN2O2S. The fraction of sp³-hybridized carbons (Fsp3) is 0. The average molecular weight is 315 g/mol. The van der Waals surface area contributed by atoms with Crippen LogP contribution in [0.4, 0.5) is 0 Å². The number of halogens is 1. The second kappa shape index (κ2) is 4.38. The molecule has 102 valence electrons. The molecule has 4 aromatic rings. The summed E-state index contributed by atoms with van der Waals surface area (Å²) in [5.41, 5.74) is 0.937. The van der Waals surface area contributed by atoms with E-state index in [0.717, 1.165) is 11.3 Å². The number of hydrogen-bond acceptors (Lipinski definition) is 4. The van der Waals surface area contributed by atoms with E-state index in [1.165, 1.54) is 4.40 Å². The molecule has 0 radical (unpaired) electrons. The number of benzene rings is 2. The highest BCUT2D eigenvalue weighted by Crippen LogP contribution is 2.19. The van der Waals surface area contributed by atoms with Crippen molar-refractivity contribution < 1.29 is 0 Å². The summed E-state index contributed by atoms with van der Waals surface area (Å²) in [7, 11) is 0. The van der Waals surface area contributed by atoms with E-state index in [4.69, 9.17) is 11.6 Å². The van der Waals surface area contributed by atoms with E-state index >= 15 is 0 Å². The molecule has 0 bridgehead atoms. The smallest absolute Gasteiger partial charge is 0.266 e. The maximum Gasteiger partial charge on any atom is 0.266 e. The van der Waals surface area contributed by atoms with Crippen LogP contribution in [0.15, 0.2) is 52.1 Å². The molecule has 4 nitrogen and oxygen atoms in total. The number of rotatable bonds is 0. The van der Waals surface area contributed by atoms with Crippen LogP contribution >= 0.6 is 22.9 Å². The van der Waals surface area contributed by atoms with Crippen LogP contribution in [0.1, 0.15) is 0 Å². The zero-order valence-electron chi connectivity index (χ0n) is 10.5. The highest BCUT2D eigenvalue weighted by atomic mass is 35.5. The molecule has 0 atom stereocenters. The molecule has 0 amide bonds. The molecule has 2 aromatic carbocycles. The van der Waals surface area contributed by atoms with Crippen molar-refractivity contribution in [1.29, 1.82) is 0 Å². The second-order valence-corrected chi connectivity index (χ2v) is 5.98. The molecule has 0 fully saturated rings. The lowest BCUT2D eigenvalue weighted by Crippen LogP contribution is -2.17. The summed E-state index contributed by atoms with van der Waals surface area (Å²) in [5.74, 6) is 0. The van der Waals surface area contributed by atoms with E-state index in [9.17, 15) is 9.59 Å². The first-order chi connectivity index (χ1) is 10.1. The zero-order chi connectivity index (χ0) is 14.6. The second-order valence-electron chi connectivity index (χ2n) is 4.60. The number of aromatic nitrogens is 2. The van der Waals surface area contributed by atoms with E-state index in [2.05, 4.69) is 4.98 Å². The minimum absolute atomic E-state index is 0.158. The molecule has 2 aromatic heterocycles. The van der Waals surface area contributed by atoms with Crippen molar-refractivity contribution in [1.82, 2.24) is 9.38 Å². The first-order valence-corrected chi connectivity index (χ1v) is 7.38. The molecule has 6 heteroatoms. The Kier molecular flexibility index (Phi) is 2.60. The molecule has 0 aliphatic carbocycles. The summed E-state index contributed by atoms with van der Waals surface area (Å²) in [6.45, 7) is 0. The molecule has 21 heavy (non-hydrogen) atoms. The van der Waals surface area contributed by atoms with Crippen molar-refractivity contribution in [3.63, 3.8) is 0 Å². The van der Waals surface area contributed by atoms with Gasteiger partial charge in [-0.1, -0.05) is 35.1 Å². The summed E-state index contributed by atoms with van der Waals surface area (Å²) < 4.78 is 1.31. The van der Waals surface area contributed by atoms with Gasteiger partial charge in [-0.05, 0) is 30.3 Å². The Morgan fingerprint density at radius 1 is 1.05 bits per heavy atom. The summed E-state index contributed by atoms with van der Waals surface area (Å²) in [6.07, 6.45) is 0. The summed E-state index contributed by atoms with van der Waals surface area (Å²) in [6, 6.07) is 12.0. The summed E-state index contributed by atoms with van der Waals surface area (Å²) in [4.78, 5) is 29.7. The SMILES string of the molecule is O=c1sc2nc3ccccc3c(=O)n2c2ccc(Cl)cc12. The largest absolute Gasteiger partial charge is 0.277 e. The third kappa shape index (κ3) is 1.78. The lowest BCUT2D eigenvalue weighted by Gasteiger charge is -2.06. The van der Waals surface area contributed by atoms with Crippen LogP contribution in [-0.2, 0) is 0 Å². The number of nitrogens with zero attached hydrogens (tertiary/aromatic N) is 2. The third-order valence-corrected chi connectivity index (χ3v) is 4.45. The predicted octanol–water partition coefficient (Wildman–Crippen LogP) is 3.08. The highest BCUT2D eigenvalue weighted by molar-refractivity contribution is 7.15. The standard InChI is InChI=1S/C15H7ClN2O2S/c16-8-5-6-12-10(7-8)14(20)21-15-17-11-4-2-1-3-9(11)13(19)18(12)15/h1-7H. The Labute approximate surface area is 126 Å². The van der Waals surface area contributed by atoms with Gasteiger partial charge in [0.05, 0.1) is 21.8 Å². The lowest BCUT2D eigenvalue weighted by atomic mass is 10.2. The maximum atomic E-state index is 12.7. The lowest BCUT2D eigenvalue weighted by molar-refractivity contribution is 1.15. The van der Waals surface area contributed by atoms with Gasteiger partial charge in [0.25, 0.3) is 5.56 Å². The number of para-hydroxylation sites is 1. The minimum Gasteiger partial charge on any atom is -0.277 e. The monoisotopic (exact) mass is 314 g/mol. The molecule has 0 saturated carbocycles. The quantitative estimate of drug-likeness (QED) is 0.370. The van der Waals surface area contributed by atoms with Crippen LogP contribution in [0.5, 0.6) is 0 Å². The van der Waals surface area contributed by atoms with E-state index < -0.39 is 0 Å². The van der Waals surface area contributed by atoms with Crippen LogP contribution < -0.4 is 10.3 Å². The Morgan fingerprint density at radius 3 is 2.71 bits per heavy atom. The topological polar surface area (TPSA) is 51.4 Å². The Bertz CT molecular complexity index is 1150. The van der Waals surface area contributed by atoms with Gasteiger partial charge in [-0.15, -0.1) is 0 Å². The van der Waals surface area contributed by atoms with Crippen LogP contribution in [0, 0.1) is 0 Å². The van der Waals surface area contributed by atoms with Crippen molar-refractivity contribution >= 4 is 49.7 Å². The fourth-order valence-electron chi connectivity index (χ4n) is 2.40. The first-order valence-electron chi connectivity index (χ1n) is 6.19. The minimum atomic E-state index is -0.181. The van der Waals surface area contributed by atoms with E-state index in [1.807, 2.05) is 6.07 Å². The van der Waals surface area contributed by atoms with Gasteiger partial charge in [0.15, 0.2) is 0 Å². The molecule has 0 saturated heterocycles. The normalized spacial score (nSPS) is 11.5. The molecule has 0 spiro atoms. The van der Waals surface area contributed by atoms with Crippen LogP contribution in [-0.4, -0.2) is 9.38 Å². The van der Waals surface area contributed by atoms with Gasteiger partial charge >= 0.3 is 0 Å². The van der Waals surface area contributed by atoms with Crippen LogP contribution in [0.2, 0.25) is 5.02 Å². The summed E-state index contributed by atoms with van der Waals surface area (Å²) in [5, 5.41) is 1.42. The van der Waals surface area contributed by atoms with Crippen LogP contribution in [0.3, 0.4) is 0 Å². The van der Waals surface area contributed by atoms with Gasteiger partial charge in [0.1, 0.15) is 0 Å². The van der Waals surface area contributed by atoms with Crippen molar-refractivity contribution in [3.05, 3.63) is 67.4 Å². The van der Waals surface area contributed by atoms with E-state index in [0.29, 0.717) is 31.8 Å². The predicted molar refractivity (Wildman–Crippen MR) is 85.6 cm³/mol. The van der Waals surface area contributed by atoms with Crippen molar-refractivity contribution in [2.24, 2.45) is 0 Å². The van der Waals surface area contributed by atoms with Gasteiger partial charge in [0, 0.05) is 5.02 Å². The fourth-order valence-corrected chi connectivity index (χ4v) is 3.43. The molecular weight excluding hydrogens is 308 g/mol. The Morgan fingerprint density at radius 2 is 1.86 bits per heavy atom. The first kappa shape index (κ1) is 12.5. The van der Waals surface area contributed by atoms with Gasteiger partial charge < -0.3 is 0 Å². The van der Waals surface area contributed by atoms with Gasteiger partial charge in [-0.3, -0.25) is 14.0 Å². The average Bonchev–Trinajstić information content (AvgIpc) is 2.48.